The molecule has 0 aliphatic carbocycles. The summed E-state index contributed by atoms with van der Waals surface area (Å²) < 4.78 is 0. The van der Waals surface area contributed by atoms with E-state index in [4.69, 9.17) is 0 Å². The summed E-state index contributed by atoms with van der Waals surface area (Å²) in [5, 5.41) is 0. The van der Waals surface area contributed by atoms with Crippen molar-refractivity contribution in [2.45, 2.75) is 39.5 Å². The van der Waals surface area contributed by atoms with E-state index in [0.717, 1.165) is 38.0 Å². The van der Waals surface area contributed by atoms with Crippen LogP contribution in [0.5, 0.6) is 0 Å². The second-order valence-corrected chi connectivity index (χ2v) is 6.73. The minimum atomic E-state index is 0.0491. The highest BCUT2D eigenvalue weighted by atomic mass is 16.2. The van der Waals surface area contributed by atoms with E-state index in [9.17, 15) is 4.79 Å². The van der Waals surface area contributed by atoms with E-state index in [-0.39, 0.29) is 5.91 Å². The minimum absolute atomic E-state index is 0.0491. The molecule has 24 heavy (non-hydrogen) atoms. The molecule has 1 unspecified atom stereocenters. The zero-order valence-corrected chi connectivity index (χ0v) is 14.5. The molecule has 0 radical (unpaired) electrons. The summed E-state index contributed by atoms with van der Waals surface area (Å²) in [6.07, 6.45) is 4.50. The lowest BCUT2D eigenvalue weighted by molar-refractivity contribution is 0.0662. The molecule has 126 valence electrons. The molecule has 1 aromatic heterocycles. The fraction of sp³-hybridized carbons (Fsp3) is 0.450. The van der Waals surface area contributed by atoms with Gasteiger partial charge in [0.05, 0.1) is 0 Å². The van der Waals surface area contributed by atoms with Crippen molar-refractivity contribution in [2.24, 2.45) is 5.92 Å². The number of carbonyl (C=O) groups excluding carboxylic acids is 1. The van der Waals surface area contributed by atoms with Crippen molar-refractivity contribution in [1.29, 1.82) is 0 Å². The summed E-state index contributed by atoms with van der Waals surface area (Å²) in [4.78, 5) is 23.3. The number of likely N-dealkylation sites (tertiary alicyclic amines) is 1. The van der Waals surface area contributed by atoms with E-state index >= 15 is 0 Å². The zero-order chi connectivity index (χ0) is 16.9. The van der Waals surface area contributed by atoms with E-state index in [1.807, 2.05) is 18.7 Å². The zero-order valence-electron chi connectivity index (χ0n) is 14.5. The smallest absolute Gasteiger partial charge is 0.272 e. The summed E-state index contributed by atoms with van der Waals surface area (Å²) in [6, 6.07) is 12.4. The average Bonchev–Trinajstić information content (AvgIpc) is 2.59. The lowest BCUT2D eigenvalue weighted by Crippen LogP contribution is -2.40. The molecule has 1 atom stereocenters. The number of hydrogen-bond acceptors (Lipinski definition) is 3. The van der Waals surface area contributed by atoms with Crippen LogP contribution in [0.3, 0.4) is 0 Å². The second kappa shape index (κ2) is 7.56. The number of hydrogen-bond donors (Lipinski definition) is 0. The molecule has 3 rings (SSSR count). The lowest BCUT2D eigenvalue weighted by Gasteiger charge is -2.32. The first kappa shape index (κ1) is 16.6. The van der Waals surface area contributed by atoms with Crippen LogP contribution in [0.1, 0.15) is 46.8 Å². The number of aromatic nitrogens is 2. The molecule has 1 amide bonds. The summed E-state index contributed by atoms with van der Waals surface area (Å²) in [5.74, 6) is 1.29. The van der Waals surface area contributed by atoms with Gasteiger partial charge in [-0.3, -0.25) is 4.79 Å². The minimum Gasteiger partial charge on any atom is -0.337 e. The maximum absolute atomic E-state index is 12.8. The Bertz CT molecular complexity index is 679. The summed E-state index contributed by atoms with van der Waals surface area (Å²) in [5.41, 5.74) is 2.76. The van der Waals surface area contributed by atoms with E-state index in [0.29, 0.717) is 17.4 Å². The normalized spacial score (nSPS) is 17.8. The van der Waals surface area contributed by atoms with Gasteiger partial charge >= 0.3 is 0 Å². The molecule has 4 heteroatoms. The van der Waals surface area contributed by atoms with Crippen LogP contribution in [0.15, 0.2) is 36.4 Å². The number of benzene rings is 1. The lowest BCUT2D eigenvalue weighted by atomic mass is 9.91. The number of nitrogens with zero attached hydrogens (tertiary/aromatic N) is 3. The molecule has 0 spiro atoms. The molecule has 1 fully saturated rings. The van der Waals surface area contributed by atoms with Crippen LogP contribution in [-0.4, -0.2) is 33.9 Å². The third-order valence-electron chi connectivity index (χ3n) is 4.68. The van der Waals surface area contributed by atoms with Crippen molar-refractivity contribution >= 4 is 5.91 Å². The molecule has 0 bridgehead atoms. The summed E-state index contributed by atoms with van der Waals surface area (Å²) in [6.45, 7) is 5.42. The number of rotatable bonds is 4. The van der Waals surface area contributed by atoms with Crippen molar-refractivity contribution in [1.82, 2.24) is 14.9 Å². The summed E-state index contributed by atoms with van der Waals surface area (Å²) >= 11 is 0. The van der Waals surface area contributed by atoms with Crippen molar-refractivity contribution < 1.29 is 4.79 Å². The molecule has 1 aromatic carbocycles. The molecule has 1 saturated heterocycles. The highest BCUT2D eigenvalue weighted by Gasteiger charge is 2.25. The molecule has 2 aromatic rings. The van der Waals surface area contributed by atoms with Gasteiger partial charge in [-0.25, -0.2) is 9.97 Å². The van der Waals surface area contributed by atoms with Gasteiger partial charge < -0.3 is 4.90 Å². The topological polar surface area (TPSA) is 46.1 Å². The van der Waals surface area contributed by atoms with Gasteiger partial charge in [0, 0.05) is 18.8 Å². The Morgan fingerprint density at radius 1 is 1.21 bits per heavy atom. The summed E-state index contributed by atoms with van der Waals surface area (Å²) in [7, 11) is 0. The molecular formula is C20H25N3O. The quantitative estimate of drug-likeness (QED) is 0.864. The van der Waals surface area contributed by atoms with Crippen LogP contribution >= 0.6 is 0 Å². The fourth-order valence-electron chi connectivity index (χ4n) is 3.49. The molecule has 0 saturated carbocycles. The van der Waals surface area contributed by atoms with Crippen LogP contribution in [0, 0.1) is 19.8 Å². The van der Waals surface area contributed by atoms with Crippen molar-refractivity contribution in [3.63, 3.8) is 0 Å². The van der Waals surface area contributed by atoms with Crippen LogP contribution in [0.2, 0.25) is 0 Å². The van der Waals surface area contributed by atoms with E-state index < -0.39 is 0 Å². The Morgan fingerprint density at radius 2 is 2.00 bits per heavy atom. The Morgan fingerprint density at radius 3 is 2.75 bits per heavy atom. The van der Waals surface area contributed by atoms with Gasteiger partial charge in [-0.15, -0.1) is 0 Å². The predicted octanol–water partition coefficient (Wildman–Crippen LogP) is 3.58. The standard InChI is InChI=1S/C20H25N3O/c1-15-13-19(22-16(2)21-15)20(24)23-12-6-9-18(14-23)11-10-17-7-4-3-5-8-17/h3-5,7-8,13,18H,6,9-12,14H2,1-2H3. The first-order valence-corrected chi connectivity index (χ1v) is 8.77. The van der Waals surface area contributed by atoms with Crippen molar-refractivity contribution in [2.75, 3.05) is 13.1 Å². The van der Waals surface area contributed by atoms with Gasteiger partial charge in [-0.2, -0.15) is 0 Å². The molecular weight excluding hydrogens is 298 g/mol. The van der Waals surface area contributed by atoms with Gasteiger partial charge in [-0.1, -0.05) is 30.3 Å². The Hall–Kier alpha value is -2.23. The maximum atomic E-state index is 12.8. The average molecular weight is 323 g/mol. The Balaban J connectivity index is 1.61. The van der Waals surface area contributed by atoms with Crippen LogP contribution < -0.4 is 0 Å². The Labute approximate surface area is 143 Å². The molecule has 4 nitrogen and oxygen atoms in total. The largest absolute Gasteiger partial charge is 0.337 e. The number of piperidine rings is 1. The van der Waals surface area contributed by atoms with Crippen LogP contribution in [0.25, 0.3) is 0 Å². The number of amides is 1. The molecule has 1 aliphatic rings. The monoisotopic (exact) mass is 323 g/mol. The molecule has 1 aliphatic heterocycles. The van der Waals surface area contributed by atoms with Gasteiger partial charge in [0.25, 0.3) is 5.91 Å². The van der Waals surface area contributed by atoms with Gasteiger partial charge in [-0.05, 0) is 57.1 Å². The second-order valence-electron chi connectivity index (χ2n) is 6.73. The number of carbonyl (C=O) groups is 1. The van der Waals surface area contributed by atoms with E-state index in [1.54, 1.807) is 6.07 Å². The third-order valence-corrected chi connectivity index (χ3v) is 4.68. The molecule has 0 N–H and O–H groups in total. The number of aryl methyl sites for hydroxylation is 3. The third kappa shape index (κ3) is 4.19. The maximum Gasteiger partial charge on any atom is 0.272 e. The SMILES string of the molecule is Cc1cc(C(=O)N2CCCC(CCc3ccccc3)C2)nc(C)n1. The van der Waals surface area contributed by atoms with E-state index in [2.05, 4.69) is 40.3 Å². The van der Waals surface area contributed by atoms with Gasteiger partial charge in [0.2, 0.25) is 0 Å². The van der Waals surface area contributed by atoms with Gasteiger partial charge in [0.15, 0.2) is 0 Å². The van der Waals surface area contributed by atoms with Crippen molar-refractivity contribution in [3.05, 3.63) is 59.2 Å². The van der Waals surface area contributed by atoms with Crippen LogP contribution in [0.4, 0.5) is 0 Å². The van der Waals surface area contributed by atoms with Crippen molar-refractivity contribution in [3.8, 4) is 0 Å². The highest BCUT2D eigenvalue weighted by molar-refractivity contribution is 5.92. The van der Waals surface area contributed by atoms with E-state index in [1.165, 1.54) is 12.0 Å². The first-order valence-electron chi connectivity index (χ1n) is 8.77. The van der Waals surface area contributed by atoms with Gasteiger partial charge in [0.1, 0.15) is 11.5 Å². The fourth-order valence-corrected chi connectivity index (χ4v) is 3.49. The highest BCUT2D eigenvalue weighted by Crippen LogP contribution is 2.22. The Kier molecular flexibility index (Phi) is 5.24. The first-order chi connectivity index (χ1) is 11.6. The van der Waals surface area contributed by atoms with Crippen LogP contribution in [-0.2, 0) is 6.42 Å². The predicted molar refractivity (Wildman–Crippen MR) is 94.9 cm³/mol. The molecule has 2 heterocycles.